The highest BCUT2D eigenvalue weighted by atomic mass is 32.2. The third kappa shape index (κ3) is 1.78. The summed E-state index contributed by atoms with van der Waals surface area (Å²) in [6, 6.07) is 5.90. The van der Waals surface area contributed by atoms with Crippen LogP contribution in [0.5, 0.6) is 0 Å². The first-order valence-electron chi connectivity index (χ1n) is 4.19. The van der Waals surface area contributed by atoms with Gasteiger partial charge in [0.05, 0.1) is 11.1 Å². The highest BCUT2D eigenvalue weighted by molar-refractivity contribution is 7.97. The Morgan fingerprint density at radius 1 is 1.13 bits per heavy atom. The first-order chi connectivity index (χ1) is 6.99. The number of rotatable bonds is 1. The van der Waals surface area contributed by atoms with Crippen molar-refractivity contribution in [3.63, 3.8) is 0 Å². The topological polar surface area (TPSA) is 60.2 Å². The molecular weight excluding hydrogens is 217 g/mol. The zero-order valence-corrected chi connectivity index (χ0v) is 8.46. The second-order valence-electron chi connectivity index (χ2n) is 3.17. The van der Waals surface area contributed by atoms with Crippen molar-refractivity contribution in [2.75, 3.05) is 0 Å². The standard InChI is InChI=1S/C10H8FNO2S/c11-9-4-2-1-3-7(9)8-5-15(13,14)6-10(8)12/h1-6H,12H2. The van der Waals surface area contributed by atoms with Gasteiger partial charge in [0.15, 0.2) is 9.84 Å². The van der Waals surface area contributed by atoms with E-state index in [2.05, 4.69) is 0 Å². The molecule has 0 spiro atoms. The van der Waals surface area contributed by atoms with E-state index in [1.165, 1.54) is 18.2 Å². The second kappa shape index (κ2) is 3.20. The molecule has 1 aromatic carbocycles. The number of allylic oxidation sites excluding steroid dienone is 1. The molecule has 0 atom stereocenters. The summed E-state index contributed by atoms with van der Waals surface area (Å²) in [4.78, 5) is 0. The Morgan fingerprint density at radius 3 is 2.33 bits per heavy atom. The van der Waals surface area contributed by atoms with Gasteiger partial charge in [-0.3, -0.25) is 0 Å². The number of nitrogens with two attached hydrogens (primary N) is 1. The summed E-state index contributed by atoms with van der Waals surface area (Å²) in [5.74, 6) is -0.489. The predicted octanol–water partition coefficient (Wildman–Crippen LogP) is 1.40. The van der Waals surface area contributed by atoms with Gasteiger partial charge in [-0.05, 0) is 6.07 Å². The molecule has 1 heterocycles. The van der Waals surface area contributed by atoms with E-state index in [-0.39, 0.29) is 16.8 Å². The zero-order chi connectivity index (χ0) is 11.1. The number of hydrogen-bond donors (Lipinski definition) is 1. The van der Waals surface area contributed by atoms with E-state index < -0.39 is 15.7 Å². The van der Waals surface area contributed by atoms with Crippen molar-refractivity contribution in [3.8, 4) is 0 Å². The van der Waals surface area contributed by atoms with Gasteiger partial charge in [0.1, 0.15) is 5.82 Å². The molecule has 2 rings (SSSR count). The van der Waals surface area contributed by atoms with Crippen molar-refractivity contribution in [1.82, 2.24) is 0 Å². The van der Waals surface area contributed by atoms with E-state index >= 15 is 0 Å². The van der Waals surface area contributed by atoms with E-state index in [0.717, 1.165) is 10.8 Å². The van der Waals surface area contributed by atoms with Crippen LogP contribution < -0.4 is 5.73 Å². The number of halogens is 1. The summed E-state index contributed by atoms with van der Waals surface area (Å²) < 4.78 is 35.7. The van der Waals surface area contributed by atoms with Gasteiger partial charge in [-0.15, -0.1) is 0 Å². The van der Waals surface area contributed by atoms with Gasteiger partial charge in [0, 0.05) is 16.5 Å². The quantitative estimate of drug-likeness (QED) is 0.785. The summed E-state index contributed by atoms with van der Waals surface area (Å²) >= 11 is 0. The normalized spacial score (nSPS) is 18.5. The molecular formula is C10H8FNO2S. The molecule has 0 aromatic heterocycles. The molecule has 0 unspecified atom stereocenters. The predicted molar refractivity (Wildman–Crippen MR) is 55.6 cm³/mol. The van der Waals surface area contributed by atoms with Gasteiger partial charge >= 0.3 is 0 Å². The van der Waals surface area contributed by atoms with Crippen molar-refractivity contribution in [2.24, 2.45) is 5.73 Å². The summed E-state index contributed by atoms with van der Waals surface area (Å²) in [5, 5.41) is 1.90. The Kier molecular flexibility index (Phi) is 2.12. The fourth-order valence-corrected chi connectivity index (χ4v) is 2.55. The third-order valence-electron chi connectivity index (χ3n) is 2.05. The van der Waals surface area contributed by atoms with Crippen LogP contribution in [0.15, 0.2) is 40.8 Å². The summed E-state index contributed by atoms with van der Waals surface area (Å²) in [6.07, 6.45) is 0. The monoisotopic (exact) mass is 225 g/mol. The van der Waals surface area contributed by atoms with Crippen LogP contribution in [-0.2, 0) is 9.84 Å². The van der Waals surface area contributed by atoms with Crippen LogP contribution in [0.25, 0.3) is 5.57 Å². The minimum absolute atomic E-state index is 0.0695. The van der Waals surface area contributed by atoms with Gasteiger partial charge in [-0.25, -0.2) is 12.8 Å². The maximum Gasteiger partial charge on any atom is 0.195 e. The van der Waals surface area contributed by atoms with Gasteiger partial charge in [0.25, 0.3) is 0 Å². The van der Waals surface area contributed by atoms with Crippen LogP contribution in [0.3, 0.4) is 0 Å². The van der Waals surface area contributed by atoms with Crippen LogP contribution in [0.2, 0.25) is 0 Å². The van der Waals surface area contributed by atoms with Gasteiger partial charge in [-0.2, -0.15) is 0 Å². The average molecular weight is 225 g/mol. The molecule has 0 radical (unpaired) electrons. The molecule has 0 saturated heterocycles. The molecule has 0 fully saturated rings. The van der Waals surface area contributed by atoms with Crippen molar-refractivity contribution in [2.45, 2.75) is 0 Å². The lowest BCUT2D eigenvalue weighted by Gasteiger charge is -2.03. The molecule has 2 N–H and O–H groups in total. The molecule has 0 amide bonds. The lowest BCUT2D eigenvalue weighted by molar-refractivity contribution is 0.613. The molecule has 0 bridgehead atoms. The lowest BCUT2D eigenvalue weighted by atomic mass is 10.1. The van der Waals surface area contributed by atoms with Gasteiger partial charge < -0.3 is 5.73 Å². The van der Waals surface area contributed by atoms with E-state index in [0.29, 0.717) is 0 Å². The fraction of sp³-hybridized carbons (Fsp3) is 0. The Bertz CT molecular complexity index is 573. The molecule has 5 heteroatoms. The summed E-state index contributed by atoms with van der Waals surface area (Å²) in [5.41, 5.74) is 5.99. The minimum atomic E-state index is -3.43. The van der Waals surface area contributed by atoms with E-state index in [4.69, 9.17) is 5.73 Å². The van der Waals surface area contributed by atoms with E-state index in [1.807, 2.05) is 0 Å². The van der Waals surface area contributed by atoms with Crippen molar-refractivity contribution < 1.29 is 12.8 Å². The van der Waals surface area contributed by atoms with Gasteiger partial charge in [0.2, 0.25) is 0 Å². The molecule has 0 aliphatic carbocycles. The first-order valence-corrected chi connectivity index (χ1v) is 5.80. The SMILES string of the molecule is NC1=CS(=O)(=O)C=C1c1ccccc1F. The van der Waals surface area contributed by atoms with Gasteiger partial charge in [-0.1, -0.05) is 18.2 Å². The third-order valence-corrected chi connectivity index (χ3v) is 3.20. The Morgan fingerprint density at radius 2 is 1.80 bits per heavy atom. The number of benzene rings is 1. The van der Waals surface area contributed by atoms with Crippen LogP contribution in [-0.4, -0.2) is 8.42 Å². The van der Waals surface area contributed by atoms with Crippen LogP contribution in [0.1, 0.15) is 5.56 Å². The maximum absolute atomic E-state index is 13.3. The van der Waals surface area contributed by atoms with E-state index in [9.17, 15) is 12.8 Å². The van der Waals surface area contributed by atoms with Crippen molar-refractivity contribution in [1.29, 1.82) is 0 Å². The Balaban J connectivity index is 2.61. The average Bonchev–Trinajstić information content (AvgIpc) is 2.40. The largest absolute Gasteiger partial charge is 0.398 e. The maximum atomic E-state index is 13.3. The Labute approximate surface area is 86.6 Å². The fourth-order valence-electron chi connectivity index (χ4n) is 1.41. The lowest BCUT2D eigenvalue weighted by Crippen LogP contribution is -1.99. The molecule has 1 aliphatic heterocycles. The molecule has 3 nitrogen and oxygen atoms in total. The molecule has 15 heavy (non-hydrogen) atoms. The summed E-state index contributed by atoms with van der Waals surface area (Å²) in [6.45, 7) is 0. The van der Waals surface area contributed by atoms with Crippen LogP contribution >= 0.6 is 0 Å². The van der Waals surface area contributed by atoms with Crippen molar-refractivity contribution in [3.05, 3.63) is 52.2 Å². The number of sulfone groups is 1. The smallest absolute Gasteiger partial charge is 0.195 e. The number of hydrogen-bond acceptors (Lipinski definition) is 3. The highest BCUT2D eigenvalue weighted by Crippen LogP contribution is 2.29. The van der Waals surface area contributed by atoms with Crippen LogP contribution in [0, 0.1) is 5.82 Å². The molecule has 1 aromatic rings. The molecule has 1 aliphatic rings. The van der Waals surface area contributed by atoms with E-state index in [1.54, 1.807) is 6.07 Å². The molecule has 78 valence electrons. The highest BCUT2D eigenvalue weighted by Gasteiger charge is 2.20. The second-order valence-corrected chi connectivity index (χ2v) is 4.82. The Hall–Kier alpha value is -1.62. The first kappa shape index (κ1) is 9.92. The minimum Gasteiger partial charge on any atom is -0.398 e. The van der Waals surface area contributed by atoms with Crippen LogP contribution in [0.4, 0.5) is 4.39 Å². The van der Waals surface area contributed by atoms with Crippen molar-refractivity contribution >= 4 is 15.4 Å². The zero-order valence-electron chi connectivity index (χ0n) is 7.64. The molecule has 0 saturated carbocycles. The summed E-state index contributed by atoms with van der Waals surface area (Å²) in [7, 11) is -3.43.